The fourth-order valence-electron chi connectivity index (χ4n) is 0. The van der Waals surface area contributed by atoms with E-state index in [4.69, 9.17) is 10.5 Å². The summed E-state index contributed by atoms with van der Waals surface area (Å²) >= 11 is 0. The summed E-state index contributed by atoms with van der Waals surface area (Å²) in [4.78, 5) is 0. The van der Waals surface area contributed by atoms with E-state index in [1.165, 1.54) is 0 Å². The average molecular weight is 90.9 g/mol. The van der Waals surface area contributed by atoms with Crippen LogP contribution in [0.15, 0.2) is 0 Å². The maximum atomic E-state index is 7.25. The van der Waals surface area contributed by atoms with Crippen molar-refractivity contribution >= 4 is 0 Å². The van der Waals surface area contributed by atoms with Gasteiger partial charge in [0.05, 0.1) is 0 Å². The summed E-state index contributed by atoms with van der Waals surface area (Å²) in [5, 5.41) is 13.0. The monoisotopic (exact) mass is 91.0 g/mol. The molecular formula is HLiO2V. The predicted molar refractivity (Wildman–Crippen MR) is 2.63 cm³/mol. The Morgan fingerprint density at radius 1 is 1.25 bits per heavy atom. The summed E-state index contributed by atoms with van der Waals surface area (Å²) in [5.74, 6) is 0. The first-order valence-electron chi connectivity index (χ1n) is 0.183. The third-order valence-electron chi connectivity index (χ3n) is 0. The van der Waals surface area contributed by atoms with Crippen molar-refractivity contribution in [2.24, 2.45) is 0 Å². The summed E-state index contributed by atoms with van der Waals surface area (Å²) in [6, 6.07) is 0. The molecule has 4 heteroatoms. The Hall–Kier alpha value is 1.10. The molecule has 1 N–H and O–H groups in total. The van der Waals surface area contributed by atoms with E-state index in [-0.39, 0.29) is 37.4 Å². The third-order valence-corrected chi connectivity index (χ3v) is 0. The van der Waals surface area contributed by atoms with Gasteiger partial charge in [0.15, 0.2) is 0 Å². The largest absolute Gasteiger partial charge is 1.00 e. The van der Waals surface area contributed by atoms with Crippen LogP contribution in [-0.2, 0) is 18.6 Å². The molecule has 0 aromatic heterocycles. The summed E-state index contributed by atoms with van der Waals surface area (Å²) in [6.45, 7) is 0. The predicted octanol–water partition coefficient (Wildman–Crippen LogP) is -4.18. The van der Waals surface area contributed by atoms with Crippen molar-refractivity contribution < 1.29 is 47.9 Å². The van der Waals surface area contributed by atoms with Crippen LogP contribution in [0.5, 0.6) is 0 Å². The fraction of sp³-hybridized carbons (Fsp3) is 0. The molecule has 0 aromatic rings. The molecule has 0 bridgehead atoms. The van der Waals surface area contributed by atoms with Gasteiger partial charge in [0.25, 0.3) is 0 Å². The van der Waals surface area contributed by atoms with E-state index in [0.717, 1.165) is 0 Å². The molecule has 0 rings (SSSR count). The van der Waals surface area contributed by atoms with Crippen LogP contribution in [0.1, 0.15) is 0 Å². The van der Waals surface area contributed by atoms with Gasteiger partial charge in [-0.2, -0.15) is 0 Å². The Kier molecular flexibility index (Phi) is 158. The van der Waals surface area contributed by atoms with Crippen LogP contribution in [-0.4, -0.2) is 5.26 Å². The molecule has 0 spiro atoms. The van der Waals surface area contributed by atoms with E-state index < -0.39 is 0 Å². The van der Waals surface area contributed by atoms with Crippen LogP contribution in [0, 0.1) is 0 Å². The van der Waals surface area contributed by atoms with Gasteiger partial charge in [0.2, 0.25) is 0 Å². The molecule has 4 heavy (non-hydrogen) atoms. The Balaban J connectivity index is -0.00000000500. The second-order valence-electron chi connectivity index (χ2n) is 0. The quantitative estimate of drug-likeness (QED) is 0.187. The zero-order chi connectivity index (χ0) is 2.00. The first-order valence-corrected chi connectivity index (χ1v) is 0.183. The zero-order valence-corrected chi connectivity index (χ0v) is 3.70. The second-order valence-corrected chi connectivity index (χ2v) is 0. The fourth-order valence-corrected chi connectivity index (χ4v) is 0. The smallest absolute Gasteiger partial charge is 0.727 e. The summed E-state index contributed by atoms with van der Waals surface area (Å²) in [5.41, 5.74) is 0. The summed E-state index contributed by atoms with van der Waals surface area (Å²) in [7, 11) is 0. The molecule has 0 aromatic carbocycles. The van der Waals surface area contributed by atoms with Gasteiger partial charge >= 0.3 is 18.9 Å². The molecule has 0 aliphatic carbocycles. The first-order chi connectivity index (χ1) is 1.00. The van der Waals surface area contributed by atoms with Crippen molar-refractivity contribution in [3.63, 3.8) is 0 Å². The first kappa shape index (κ1) is 19.4. The molecule has 2 nitrogen and oxygen atoms in total. The minimum absolute atomic E-state index is 0. The maximum absolute atomic E-state index is 7.25. The van der Waals surface area contributed by atoms with Gasteiger partial charge in [-0.25, -0.2) is 0 Å². The molecule has 0 aliphatic heterocycles. The SMILES string of the molecule is [Li+].[O-]O.[V]. The minimum Gasteiger partial charge on any atom is -0.727 e. The molecule has 0 saturated heterocycles. The van der Waals surface area contributed by atoms with Crippen LogP contribution >= 0.6 is 0 Å². The van der Waals surface area contributed by atoms with Gasteiger partial charge in [-0.3, -0.25) is 0 Å². The van der Waals surface area contributed by atoms with Crippen LogP contribution < -0.4 is 24.1 Å². The topological polar surface area (TPSA) is 43.3 Å². The summed E-state index contributed by atoms with van der Waals surface area (Å²) < 4.78 is 0. The summed E-state index contributed by atoms with van der Waals surface area (Å²) in [6.07, 6.45) is 0. The number of hydrogen-bond donors (Lipinski definition) is 1. The molecule has 0 atom stereocenters. The van der Waals surface area contributed by atoms with Gasteiger partial charge in [-0.1, -0.05) is 0 Å². The van der Waals surface area contributed by atoms with Crippen LogP contribution in [0.4, 0.5) is 0 Å². The van der Waals surface area contributed by atoms with E-state index in [1.807, 2.05) is 0 Å². The minimum atomic E-state index is 0. The van der Waals surface area contributed by atoms with Crippen molar-refractivity contribution in [3.8, 4) is 0 Å². The molecule has 0 aliphatic rings. The van der Waals surface area contributed by atoms with E-state index in [2.05, 4.69) is 0 Å². The standard InChI is InChI=1S/Li.H2O2.V/c;1-2;/h;1-2H;/q+1;;/p-1. The zero-order valence-electron chi connectivity index (χ0n) is 2.30. The molecule has 0 unspecified atom stereocenters. The van der Waals surface area contributed by atoms with Crippen molar-refractivity contribution in [3.05, 3.63) is 0 Å². The van der Waals surface area contributed by atoms with Gasteiger partial charge in [-0.15, -0.1) is 0 Å². The molecular weight excluding hydrogens is 89.9 g/mol. The molecule has 0 heterocycles. The van der Waals surface area contributed by atoms with E-state index in [9.17, 15) is 0 Å². The van der Waals surface area contributed by atoms with Gasteiger partial charge < -0.3 is 10.5 Å². The Morgan fingerprint density at radius 3 is 1.25 bits per heavy atom. The van der Waals surface area contributed by atoms with Crippen molar-refractivity contribution in [2.75, 3.05) is 0 Å². The number of hydrogen-bond acceptors (Lipinski definition) is 2. The number of rotatable bonds is 0. The molecule has 1 radical (unpaired) electrons. The van der Waals surface area contributed by atoms with Crippen molar-refractivity contribution in [1.82, 2.24) is 0 Å². The molecule has 0 fully saturated rings. The van der Waals surface area contributed by atoms with Gasteiger partial charge in [-0.05, 0) is 0 Å². The second kappa shape index (κ2) is 32.5. The molecule has 19 valence electrons. The van der Waals surface area contributed by atoms with E-state index >= 15 is 0 Å². The van der Waals surface area contributed by atoms with Crippen LogP contribution in [0.25, 0.3) is 0 Å². The Morgan fingerprint density at radius 2 is 1.25 bits per heavy atom. The normalized spacial score (nSPS) is 1.50. The average Bonchev–Trinajstić information content (AvgIpc) is 1.00. The van der Waals surface area contributed by atoms with Crippen LogP contribution in [0.3, 0.4) is 0 Å². The molecule has 0 amide bonds. The molecule has 0 saturated carbocycles. The van der Waals surface area contributed by atoms with Crippen molar-refractivity contribution in [1.29, 1.82) is 0 Å². The van der Waals surface area contributed by atoms with E-state index in [1.54, 1.807) is 0 Å². The third kappa shape index (κ3) is 11.3. The Labute approximate surface area is 48.2 Å². The Bertz CT molecular complexity index is 6.00. The van der Waals surface area contributed by atoms with Crippen LogP contribution in [0.2, 0.25) is 0 Å². The van der Waals surface area contributed by atoms with Gasteiger partial charge in [0, 0.05) is 18.6 Å². The van der Waals surface area contributed by atoms with Gasteiger partial charge in [0.1, 0.15) is 0 Å². The maximum Gasteiger partial charge on any atom is 1.00 e. The van der Waals surface area contributed by atoms with E-state index in [0.29, 0.717) is 0 Å². The van der Waals surface area contributed by atoms with Crippen molar-refractivity contribution in [2.45, 2.75) is 0 Å².